The average Bonchev–Trinajstić information content (AvgIpc) is 2.43. The van der Waals surface area contributed by atoms with Gasteiger partial charge in [0.15, 0.2) is 0 Å². The number of rotatable bonds is 3. The minimum atomic E-state index is -0.454. The van der Waals surface area contributed by atoms with Gasteiger partial charge in [0, 0.05) is 30.2 Å². The van der Waals surface area contributed by atoms with Crippen LogP contribution in [0.1, 0.15) is 5.56 Å². The summed E-state index contributed by atoms with van der Waals surface area (Å²) in [5.41, 5.74) is 5.76. The normalized spacial score (nSPS) is 18.6. The van der Waals surface area contributed by atoms with Crippen LogP contribution in [0, 0.1) is 5.82 Å². The molecule has 1 aliphatic heterocycles. The van der Waals surface area contributed by atoms with Crippen LogP contribution < -0.4 is 5.73 Å². The number of carbonyl (C=O) groups is 1. The first kappa shape index (κ1) is 17.2. The molecule has 1 saturated heterocycles. The van der Waals surface area contributed by atoms with Gasteiger partial charge in [-0.2, -0.15) is 0 Å². The Hall–Kier alpha value is -0.880. The van der Waals surface area contributed by atoms with Crippen molar-refractivity contribution < 1.29 is 13.9 Å². The van der Waals surface area contributed by atoms with Gasteiger partial charge in [0.05, 0.1) is 19.1 Å². The van der Waals surface area contributed by atoms with Gasteiger partial charge in [-0.05, 0) is 12.1 Å². The van der Waals surface area contributed by atoms with E-state index >= 15 is 0 Å². The molecule has 1 fully saturated rings. The van der Waals surface area contributed by atoms with Crippen LogP contribution in [0.15, 0.2) is 18.2 Å². The standard InChI is InChI=1S/C13H16ClFN2O2.ClH/c14-11-2-1-3-12(15)10(11)6-13(18)17-4-5-19-9(7-16)8-17;/h1-3,9H,4-8,16H2;1H. The molecular weight excluding hydrogens is 306 g/mol. The molecule has 1 unspecified atom stereocenters. The SMILES string of the molecule is Cl.NCC1CN(C(=O)Cc2c(F)cccc2Cl)CCO1. The van der Waals surface area contributed by atoms with Gasteiger partial charge in [0.25, 0.3) is 0 Å². The lowest BCUT2D eigenvalue weighted by atomic mass is 10.1. The number of ether oxygens (including phenoxy) is 1. The van der Waals surface area contributed by atoms with E-state index in [-0.39, 0.29) is 41.4 Å². The zero-order valence-corrected chi connectivity index (χ0v) is 12.4. The Kier molecular flexibility index (Phi) is 6.68. The summed E-state index contributed by atoms with van der Waals surface area (Å²) in [6.45, 7) is 1.77. The van der Waals surface area contributed by atoms with E-state index in [4.69, 9.17) is 22.1 Å². The number of nitrogens with two attached hydrogens (primary N) is 1. The highest BCUT2D eigenvalue weighted by Crippen LogP contribution is 2.20. The smallest absolute Gasteiger partial charge is 0.227 e. The first-order chi connectivity index (χ1) is 9.11. The van der Waals surface area contributed by atoms with Gasteiger partial charge < -0.3 is 15.4 Å². The number of amides is 1. The van der Waals surface area contributed by atoms with Gasteiger partial charge in [-0.3, -0.25) is 4.79 Å². The summed E-state index contributed by atoms with van der Waals surface area (Å²) < 4.78 is 19.0. The molecule has 1 amide bonds. The third kappa shape index (κ3) is 4.06. The van der Waals surface area contributed by atoms with E-state index in [9.17, 15) is 9.18 Å². The Morgan fingerprint density at radius 3 is 2.95 bits per heavy atom. The van der Waals surface area contributed by atoms with E-state index in [1.807, 2.05) is 0 Å². The maximum absolute atomic E-state index is 13.6. The second kappa shape index (κ2) is 7.78. The van der Waals surface area contributed by atoms with Gasteiger partial charge in [-0.25, -0.2) is 4.39 Å². The Balaban J connectivity index is 0.00000200. The molecule has 0 bridgehead atoms. The summed E-state index contributed by atoms with van der Waals surface area (Å²) in [6, 6.07) is 4.40. The molecule has 112 valence electrons. The van der Waals surface area contributed by atoms with Gasteiger partial charge >= 0.3 is 0 Å². The van der Waals surface area contributed by atoms with Crippen LogP contribution in [0.2, 0.25) is 5.02 Å². The molecule has 20 heavy (non-hydrogen) atoms. The van der Waals surface area contributed by atoms with Crippen molar-refractivity contribution in [1.82, 2.24) is 4.90 Å². The van der Waals surface area contributed by atoms with Gasteiger partial charge in [-0.1, -0.05) is 17.7 Å². The summed E-state index contributed by atoms with van der Waals surface area (Å²) in [4.78, 5) is 13.8. The molecule has 1 aromatic rings. The quantitative estimate of drug-likeness (QED) is 0.920. The predicted molar refractivity (Wildman–Crippen MR) is 77.7 cm³/mol. The Labute approximate surface area is 128 Å². The molecule has 7 heteroatoms. The maximum atomic E-state index is 13.6. The number of benzene rings is 1. The lowest BCUT2D eigenvalue weighted by molar-refractivity contribution is -0.137. The molecular formula is C13H17Cl2FN2O2. The van der Waals surface area contributed by atoms with Gasteiger partial charge in [0.1, 0.15) is 5.82 Å². The molecule has 1 atom stereocenters. The first-order valence-corrected chi connectivity index (χ1v) is 6.52. The van der Waals surface area contributed by atoms with E-state index in [1.54, 1.807) is 11.0 Å². The number of nitrogens with zero attached hydrogens (tertiary/aromatic N) is 1. The summed E-state index contributed by atoms with van der Waals surface area (Å²) in [5, 5.41) is 0.275. The van der Waals surface area contributed by atoms with Crippen molar-refractivity contribution in [2.75, 3.05) is 26.2 Å². The Morgan fingerprint density at radius 2 is 2.30 bits per heavy atom. The zero-order chi connectivity index (χ0) is 13.8. The molecule has 4 nitrogen and oxygen atoms in total. The minimum Gasteiger partial charge on any atom is -0.373 e. The van der Waals surface area contributed by atoms with Crippen LogP contribution >= 0.6 is 24.0 Å². The van der Waals surface area contributed by atoms with Crippen LogP contribution in [0.3, 0.4) is 0 Å². The molecule has 0 spiro atoms. The number of hydrogen-bond acceptors (Lipinski definition) is 3. The molecule has 1 heterocycles. The minimum absolute atomic E-state index is 0. The van der Waals surface area contributed by atoms with E-state index in [2.05, 4.69) is 0 Å². The lowest BCUT2D eigenvalue weighted by Crippen LogP contribution is -2.48. The number of hydrogen-bond donors (Lipinski definition) is 1. The summed E-state index contributed by atoms with van der Waals surface area (Å²) in [5.74, 6) is -0.613. The topological polar surface area (TPSA) is 55.6 Å². The molecule has 0 saturated carbocycles. The van der Waals surface area contributed by atoms with E-state index < -0.39 is 5.82 Å². The van der Waals surface area contributed by atoms with Gasteiger partial charge in [-0.15, -0.1) is 12.4 Å². The number of halogens is 3. The molecule has 0 aromatic heterocycles. The Morgan fingerprint density at radius 1 is 1.55 bits per heavy atom. The van der Waals surface area contributed by atoms with Crippen molar-refractivity contribution in [3.05, 3.63) is 34.6 Å². The fourth-order valence-corrected chi connectivity index (χ4v) is 2.28. The molecule has 1 aromatic carbocycles. The van der Waals surface area contributed by atoms with Gasteiger partial charge in [0.2, 0.25) is 5.91 Å². The van der Waals surface area contributed by atoms with E-state index in [0.29, 0.717) is 26.2 Å². The molecule has 2 N–H and O–H groups in total. The maximum Gasteiger partial charge on any atom is 0.227 e. The molecule has 1 aliphatic rings. The van der Waals surface area contributed by atoms with Crippen molar-refractivity contribution in [2.24, 2.45) is 5.73 Å². The van der Waals surface area contributed by atoms with Crippen molar-refractivity contribution in [3.8, 4) is 0 Å². The fourth-order valence-electron chi connectivity index (χ4n) is 2.05. The summed E-state index contributed by atoms with van der Waals surface area (Å²) in [7, 11) is 0. The monoisotopic (exact) mass is 322 g/mol. The highest BCUT2D eigenvalue weighted by atomic mass is 35.5. The van der Waals surface area contributed by atoms with Crippen LogP contribution in [0.5, 0.6) is 0 Å². The molecule has 0 aliphatic carbocycles. The van der Waals surface area contributed by atoms with Crippen molar-refractivity contribution in [1.29, 1.82) is 0 Å². The van der Waals surface area contributed by atoms with Crippen LogP contribution in [-0.2, 0) is 16.0 Å². The van der Waals surface area contributed by atoms with Crippen LogP contribution in [0.4, 0.5) is 4.39 Å². The first-order valence-electron chi connectivity index (χ1n) is 6.14. The van der Waals surface area contributed by atoms with Crippen molar-refractivity contribution >= 4 is 29.9 Å². The fraction of sp³-hybridized carbons (Fsp3) is 0.462. The molecule has 0 radical (unpaired) electrons. The Bertz CT molecular complexity index is 453. The van der Waals surface area contributed by atoms with E-state index in [0.717, 1.165) is 0 Å². The lowest BCUT2D eigenvalue weighted by Gasteiger charge is -2.32. The second-order valence-corrected chi connectivity index (χ2v) is 4.85. The van der Waals surface area contributed by atoms with Crippen LogP contribution in [-0.4, -0.2) is 43.2 Å². The summed E-state index contributed by atoms with van der Waals surface area (Å²) in [6.07, 6.45) is -0.184. The third-order valence-electron chi connectivity index (χ3n) is 3.14. The van der Waals surface area contributed by atoms with Crippen molar-refractivity contribution in [2.45, 2.75) is 12.5 Å². The van der Waals surface area contributed by atoms with E-state index in [1.165, 1.54) is 12.1 Å². The zero-order valence-electron chi connectivity index (χ0n) is 10.9. The summed E-state index contributed by atoms with van der Waals surface area (Å²) >= 11 is 5.91. The second-order valence-electron chi connectivity index (χ2n) is 4.45. The highest BCUT2D eigenvalue weighted by Gasteiger charge is 2.24. The average molecular weight is 323 g/mol. The van der Waals surface area contributed by atoms with Crippen LogP contribution in [0.25, 0.3) is 0 Å². The highest BCUT2D eigenvalue weighted by molar-refractivity contribution is 6.31. The third-order valence-corrected chi connectivity index (χ3v) is 3.50. The largest absolute Gasteiger partial charge is 0.373 e. The molecule has 2 rings (SSSR count). The predicted octanol–water partition coefficient (Wildman–Crippen LogP) is 1.63. The number of carbonyl (C=O) groups excluding carboxylic acids is 1. The van der Waals surface area contributed by atoms with Crippen molar-refractivity contribution in [3.63, 3.8) is 0 Å². The number of morpholine rings is 1.